The lowest BCUT2D eigenvalue weighted by molar-refractivity contribution is -0.424. The zero-order valence-corrected chi connectivity index (χ0v) is 18.4. The number of nitrogens with one attached hydrogen (secondary N) is 1. The number of carbonyl (C=O) groups excluding carboxylic acids is 1. The number of hydrogen-bond donors (Lipinski definition) is 1. The molecule has 0 bridgehead atoms. The molecule has 0 radical (unpaired) electrons. The van der Waals surface area contributed by atoms with Crippen LogP contribution in [0.1, 0.15) is 5.69 Å². The second kappa shape index (κ2) is 9.68. The Morgan fingerprint density at radius 3 is 2.32 bits per heavy atom. The van der Waals surface area contributed by atoms with Crippen molar-refractivity contribution in [2.45, 2.75) is 13.5 Å². The number of amides is 1. The van der Waals surface area contributed by atoms with Crippen molar-refractivity contribution in [2.75, 3.05) is 5.32 Å². The molecule has 0 aliphatic carbocycles. The highest BCUT2D eigenvalue weighted by Gasteiger charge is 2.35. The van der Waals surface area contributed by atoms with Crippen molar-refractivity contribution >= 4 is 52.0 Å². The van der Waals surface area contributed by atoms with Gasteiger partial charge in [-0.25, -0.2) is 0 Å². The maximum Gasteiger partial charge on any atom is 0.468 e. The summed E-state index contributed by atoms with van der Waals surface area (Å²) < 4.78 is 6.36. The van der Waals surface area contributed by atoms with E-state index in [0.29, 0.717) is 5.02 Å². The number of anilines is 1. The first-order valence-corrected chi connectivity index (χ1v) is 9.80. The van der Waals surface area contributed by atoms with Crippen molar-refractivity contribution in [1.29, 1.82) is 0 Å². The summed E-state index contributed by atoms with van der Waals surface area (Å²) in [5, 5.41) is 39.8. The molecule has 0 saturated carbocycles. The number of nitro groups is 3. The molecule has 1 amide bonds. The number of nitro benzene ring substituents is 1. The number of benzene rings is 2. The largest absolute Gasteiger partial charge is 0.468 e. The van der Waals surface area contributed by atoms with E-state index >= 15 is 0 Å². The summed E-state index contributed by atoms with van der Waals surface area (Å²) in [6.45, 7) is 0.559. The van der Waals surface area contributed by atoms with Gasteiger partial charge in [0.15, 0.2) is 0 Å². The molecule has 3 rings (SSSR count). The lowest BCUT2D eigenvalue weighted by Gasteiger charge is -2.10. The van der Waals surface area contributed by atoms with E-state index in [1.807, 2.05) is 0 Å². The zero-order valence-electron chi connectivity index (χ0n) is 16.9. The first-order valence-electron chi connectivity index (χ1n) is 9.04. The molecule has 16 heteroatoms. The third-order valence-electron chi connectivity index (χ3n) is 4.31. The Kier molecular flexibility index (Phi) is 6.93. The molecule has 34 heavy (non-hydrogen) atoms. The van der Waals surface area contributed by atoms with Crippen LogP contribution in [0, 0.1) is 37.3 Å². The van der Waals surface area contributed by atoms with Gasteiger partial charge >= 0.3 is 11.5 Å². The van der Waals surface area contributed by atoms with Gasteiger partial charge in [0.25, 0.3) is 5.69 Å². The minimum Gasteiger partial charge on any atom is -0.455 e. The molecule has 2 aromatic carbocycles. The average molecular weight is 511 g/mol. The van der Waals surface area contributed by atoms with Crippen LogP contribution in [0.5, 0.6) is 11.5 Å². The van der Waals surface area contributed by atoms with Crippen molar-refractivity contribution in [1.82, 2.24) is 9.78 Å². The van der Waals surface area contributed by atoms with Crippen LogP contribution >= 0.6 is 23.2 Å². The predicted octanol–water partition coefficient (Wildman–Crippen LogP) is 4.65. The van der Waals surface area contributed by atoms with Gasteiger partial charge in [0.05, 0.1) is 31.7 Å². The Labute approximate surface area is 199 Å². The van der Waals surface area contributed by atoms with Crippen molar-refractivity contribution in [2.24, 2.45) is 0 Å². The Balaban J connectivity index is 1.87. The normalized spacial score (nSPS) is 10.6. The Morgan fingerprint density at radius 1 is 1.06 bits per heavy atom. The average Bonchev–Trinajstić information content (AvgIpc) is 3.06. The van der Waals surface area contributed by atoms with Crippen LogP contribution in [0.3, 0.4) is 0 Å². The van der Waals surface area contributed by atoms with Gasteiger partial charge in [-0.15, -0.1) is 0 Å². The fraction of sp³-hybridized carbons (Fsp3) is 0.111. The van der Waals surface area contributed by atoms with Crippen molar-refractivity contribution < 1.29 is 24.3 Å². The first-order chi connectivity index (χ1) is 16.0. The van der Waals surface area contributed by atoms with E-state index in [1.54, 1.807) is 0 Å². The van der Waals surface area contributed by atoms with Crippen molar-refractivity contribution in [3.8, 4) is 11.5 Å². The number of halogens is 2. The van der Waals surface area contributed by atoms with Crippen LogP contribution in [0.25, 0.3) is 0 Å². The zero-order chi connectivity index (χ0) is 25.2. The van der Waals surface area contributed by atoms with Gasteiger partial charge in [-0.1, -0.05) is 23.2 Å². The summed E-state index contributed by atoms with van der Waals surface area (Å²) in [7, 11) is 0. The second-order valence-corrected chi connectivity index (χ2v) is 7.47. The number of non-ortho nitro benzene ring substituents is 1. The van der Waals surface area contributed by atoms with E-state index in [9.17, 15) is 35.1 Å². The minimum atomic E-state index is -1.04. The fourth-order valence-electron chi connectivity index (χ4n) is 2.85. The van der Waals surface area contributed by atoms with Gasteiger partial charge in [0, 0.05) is 17.2 Å². The number of carbonyl (C=O) groups is 1. The molecule has 14 nitrogen and oxygen atoms in total. The summed E-state index contributed by atoms with van der Waals surface area (Å²) in [4.78, 5) is 43.2. The molecule has 0 saturated heterocycles. The maximum atomic E-state index is 12.5. The molecule has 1 aromatic heterocycles. The van der Waals surface area contributed by atoms with Crippen LogP contribution in [0.4, 0.5) is 22.9 Å². The quantitative estimate of drug-likeness (QED) is 0.332. The molecular weight excluding hydrogens is 499 g/mol. The lowest BCUT2D eigenvalue weighted by atomic mass is 10.2. The third-order valence-corrected chi connectivity index (χ3v) is 4.84. The molecule has 0 unspecified atom stereocenters. The molecule has 1 N–H and O–H groups in total. The number of hydrogen-bond acceptors (Lipinski definition) is 9. The van der Waals surface area contributed by atoms with Crippen LogP contribution in [0.2, 0.25) is 10.0 Å². The van der Waals surface area contributed by atoms with Gasteiger partial charge in [-0.2, -0.15) is 4.68 Å². The van der Waals surface area contributed by atoms with Crippen LogP contribution in [-0.2, 0) is 11.3 Å². The van der Waals surface area contributed by atoms with E-state index in [1.165, 1.54) is 31.2 Å². The minimum absolute atomic E-state index is 0.0322. The van der Waals surface area contributed by atoms with Crippen molar-refractivity contribution in [3.63, 3.8) is 0 Å². The summed E-state index contributed by atoms with van der Waals surface area (Å²) in [6, 6.07) is 7.77. The van der Waals surface area contributed by atoms with Crippen LogP contribution < -0.4 is 10.1 Å². The molecule has 0 atom stereocenters. The summed E-state index contributed by atoms with van der Waals surface area (Å²) in [6.07, 6.45) is 0. The smallest absolute Gasteiger partial charge is 0.455 e. The monoisotopic (exact) mass is 510 g/mol. The highest BCUT2D eigenvalue weighted by atomic mass is 35.5. The second-order valence-electron chi connectivity index (χ2n) is 6.63. The fourth-order valence-corrected chi connectivity index (χ4v) is 3.30. The van der Waals surface area contributed by atoms with Gasteiger partial charge in [0.2, 0.25) is 5.91 Å². The summed E-state index contributed by atoms with van der Waals surface area (Å²) in [5.74, 6) is -1.71. The maximum absolute atomic E-state index is 12.5. The van der Waals surface area contributed by atoms with E-state index < -0.39 is 44.4 Å². The highest BCUT2D eigenvalue weighted by Crippen LogP contribution is 2.35. The molecule has 0 fully saturated rings. The van der Waals surface area contributed by atoms with Crippen LogP contribution in [0.15, 0.2) is 36.4 Å². The van der Waals surface area contributed by atoms with Gasteiger partial charge in [-0.05, 0) is 30.0 Å². The van der Waals surface area contributed by atoms with E-state index in [4.69, 9.17) is 27.9 Å². The molecule has 1 heterocycles. The highest BCUT2D eigenvalue weighted by molar-refractivity contribution is 6.35. The van der Waals surface area contributed by atoms with E-state index in [-0.39, 0.29) is 27.9 Å². The Morgan fingerprint density at radius 2 is 1.76 bits per heavy atom. The molecule has 3 aromatic rings. The molecule has 0 aliphatic heterocycles. The predicted molar refractivity (Wildman–Crippen MR) is 119 cm³/mol. The van der Waals surface area contributed by atoms with E-state index in [2.05, 4.69) is 10.4 Å². The van der Waals surface area contributed by atoms with Gasteiger partial charge < -0.3 is 20.2 Å². The van der Waals surface area contributed by atoms with Gasteiger partial charge in [-0.3, -0.25) is 25.0 Å². The molecule has 0 spiro atoms. The Hall–Kier alpha value is -4.30. The molecule has 0 aliphatic rings. The number of rotatable bonds is 8. The number of aromatic nitrogens is 2. The lowest BCUT2D eigenvalue weighted by Crippen LogP contribution is -2.20. The Bertz CT molecular complexity index is 1340. The molecule has 176 valence electrons. The topological polar surface area (TPSA) is 186 Å². The first kappa shape index (κ1) is 24.3. The van der Waals surface area contributed by atoms with Crippen LogP contribution in [-0.4, -0.2) is 30.5 Å². The van der Waals surface area contributed by atoms with Crippen molar-refractivity contribution in [3.05, 3.63) is 82.5 Å². The molecular formula is C18H12Cl2N6O8. The summed E-state index contributed by atoms with van der Waals surface area (Å²) >= 11 is 11.9. The van der Waals surface area contributed by atoms with Gasteiger partial charge in [0.1, 0.15) is 23.7 Å². The van der Waals surface area contributed by atoms with E-state index in [0.717, 1.165) is 16.8 Å². The number of nitrogens with zero attached hydrogens (tertiary/aromatic N) is 5. The standard InChI is InChI=1S/C18H12Cl2N6O8/c1-9-17(25(30)31)18(26(32)33)22-23(9)8-16(27)21-11-5-12(24(28)29)7-13(6-11)34-15-3-2-10(19)4-14(15)20/h2-7H,8H2,1H3,(H,21,27). The third kappa shape index (κ3) is 5.36. The SMILES string of the molecule is Cc1c([N+](=O)[O-])c([N+](=O)[O-])nn1CC(=O)Nc1cc(Oc2ccc(Cl)cc2Cl)cc([N+](=O)[O-])c1. The summed E-state index contributed by atoms with van der Waals surface area (Å²) in [5.41, 5.74) is -1.52. The number of ether oxygens (including phenoxy) is 1.